The topological polar surface area (TPSA) is 105 Å². The molecular formula is C26H34BrN3O6S. The van der Waals surface area contributed by atoms with Crippen LogP contribution < -0.4 is 19.1 Å². The van der Waals surface area contributed by atoms with Crippen LogP contribution in [-0.4, -0.2) is 56.8 Å². The third-order valence-electron chi connectivity index (χ3n) is 6.23. The molecule has 3 rings (SSSR count). The van der Waals surface area contributed by atoms with Gasteiger partial charge < -0.3 is 19.7 Å². The van der Waals surface area contributed by atoms with E-state index in [1.807, 2.05) is 38.1 Å². The zero-order chi connectivity index (χ0) is 27.2. The minimum Gasteiger partial charge on any atom is -0.454 e. The van der Waals surface area contributed by atoms with Crippen molar-refractivity contribution >= 4 is 43.5 Å². The maximum Gasteiger partial charge on any atom is 0.242 e. The summed E-state index contributed by atoms with van der Waals surface area (Å²) in [7, 11) is -3.61. The van der Waals surface area contributed by atoms with Crippen LogP contribution in [0.2, 0.25) is 0 Å². The molecule has 0 saturated heterocycles. The van der Waals surface area contributed by atoms with E-state index in [9.17, 15) is 18.0 Å². The van der Waals surface area contributed by atoms with E-state index < -0.39 is 16.1 Å². The molecule has 0 fully saturated rings. The molecule has 0 bridgehead atoms. The SMILES string of the molecule is CC[C@@H](C)NC(=O)[C@@H](C)N(Cc1ccc(Br)cc1)C(=O)CCCN(c1ccc2c(c1)OCO2)S(C)(=O)=O. The Hall–Kier alpha value is -2.79. The zero-order valence-corrected chi connectivity index (χ0v) is 24.0. The van der Waals surface area contributed by atoms with Crippen LogP contribution in [0.3, 0.4) is 0 Å². The lowest BCUT2D eigenvalue weighted by Crippen LogP contribution is -2.49. The highest BCUT2D eigenvalue weighted by atomic mass is 79.9. The van der Waals surface area contributed by atoms with Gasteiger partial charge in [0, 0.05) is 36.1 Å². The minimum atomic E-state index is -3.61. The van der Waals surface area contributed by atoms with E-state index in [4.69, 9.17) is 9.47 Å². The normalized spacial score (nSPS) is 14.1. The molecule has 37 heavy (non-hydrogen) atoms. The Kier molecular flexibility index (Phi) is 9.83. The van der Waals surface area contributed by atoms with Crippen LogP contribution in [-0.2, 0) is 26.2 Å². The van der Waals surface area contributed by atoms with Gasteiger partial charge in [0.05, 0.1) is 11.9 Å². The molecule has 2 aromatic carbocycles. The van der Waals surface area contributed by atoms with Crippen molar-refractivity contribution in [1.82, 2.24) is 10.2 Å². The molecule has 1 N–H and O–H groups in total. The van der Waals surface area contributed by atoms with Gasteiger partial charge in [-0.2, -0.15) is 0 Å². The lowest BCUT2D eigenvalue weighted by atomic mass is 10.1. The summed E-state index contributed by atoms with van der Waals surface area (Å²) in [5.74, 6) is 0.580. The maximum absolute atomic E-state index is 13.4. The van der Waals surface area contributed by atoms with Gasteiger partial charge in [-0.3, -0.25) is 13.9 Å². The van der Waals surface area contributed by atoms with Crippen molar-refractivity contribution in [1.29, 1.82) is 0 Å². The number of carbonyl (C=O) groups excluding carboxylic acids is 2. The molecule has 0 spiro atoms. The molecule has 1 aliphatic heterocycles. The minimum absolute atomic E-state index is 0.00963. The molecule has 0 aliphatic carbocycles. The summed E-state index contributed by atoms with van der Waals surface area (Å²) >= 11 is 3.41. The first kappa shape index (κ1) is 28.8. The van der Waals surface area contributed by atoms with Crippen LogP contribution in [0.5, 0.6) is 11.5 Å². The van der Waals surface area contributed by atoms with E-state index in [0.717, 1.165) is 22.7 Å². The number of nitrogens with one attached hydrogen (secondary N) is 1. The van der Waals surface area contributed by atoms with Gasteiger partial charge in [0.15, 0.2) is 11.5 Å². The number of carbonyl (C=O) groups is 2. The van der Waals surface area contributed by atoms with Crippen LogP contribution in [0.1, 0.15) is 45.6 Å². The quantitative estimate of drug-likeness (QED) is 0.397. The fourth-order valence-electron chi connectivity index (χ4n) is 3.88. The molecule has 2 aromatic rings. The van der Waals surface area contributed by atoms with Gasteiger partial charge in [-0.15, -0.1) is 0 Å². The maximum atomic E-state index is 13.4. The number of halogens is 1. The number of sulfonamides is 1. The summed E-state index contributed by atoms with van der Waals surface area (Å²) in [5, 5.41) is 2.95. The Morgan fingerprint density at radius 3 is 2.41 bits per heavy atom. The van der Waals surface area contributed by atoms with Crippen molar-refractivity contribution in [3.63, 3.8) is 0 Å². The molecule has 202 valence electrons. The summed E-state index contributed by atoms with van der Waals surface area (Å²) in [6.07, 6.45) is 2.26. The summed E-state index contributed by atoms with van der Waals surface area (Å²) in [5.41, 5.74) is 1.32. The van der Waals surface area contributed by atoms with Crippen molar-refractivity contribution in [3.8, 4) is 11.5 Å². The Morgan fingerprint density at radius 1 is 1.08 bits per heavy atom. The van der Waals surface area contributed by atoms with E-state index in [-0.39, 0.29) is 50.6 Å². The highest BCUT2D eigenvalue weighted by molar-refractivity contribution is 9.10. The van der Waals surface area contributed by atoms with E-state index in [1.165, 1.54) is 4.31 Å². The van der Waals surface area contributed by atoms with Crippen LogP contribution >= 0.6 is 15.9 Å². The standard InChI is InChI=1S/C26H34BrN3O6S/c1-5-18(2)28-26(32)19(3)29(16-20-8-10-21(27)11-9-20)25(31)7-6-14-30(37(4,33)34)22-12-13-23-24(15-22)36-17-35-23/h8-13,15,18-19H,5-7,14,16-17H2,1-4H3,(H,28,32)/t18-,19-/m1/s1. The van der Waals surface area contributed by atoms with Gasteiger partial charge in [0.2, 0.25) is 28.6 Å². The summed E-state index contributed by atoms with van der Waals surface area (Å²) in [6.45, 7) is 6.06. The average molecular weight is 597 g/mol. The molecule has 2 atom stereocenters. The van der Waals surface area contributed by atoms with Crippen LogP contribution in [0, 0.1) is 0 Å². The zero-order valence-electron chi connectivity index (χ0n) is 21.6. The second-order valence-corrected chi connectivity index (χ2v) is 11.9. The molecular weight excluding hydrogens is 562 g/mol. The molecule has 9 nitrogen and oxygen atoms in total. The first-order valence-corrected chi connectivity index (χ1v) is 14.9. The number of anilines is 1. The molecule has 1 heterocycles. The smallest absolute Gasteiger partial charge is 0.242 e. The van der Waals surface area contributed by atoms with Crippen molar-refractivity contribution in [2.24, 2.45) is 0 Å². The monoisotopic (exact) mass is 595 g/mol. The Bertz CT molecular complexity index is 1210. The molecule has 0 aromatic heterocycles. The van der Waals surface area contributed by atoms with E-state index in [1.54, 1.807) is 30.0 Å². The largest absolute Gasteiger partial charge is 0.454 e. The highest BCUT2D eigenvalue weighted by Crippen LogP contribution is 2.36. The summed E-state index contributed by atoms with van der Waals surface area (Å²) < 4.78 is 37.9. The second-order valence-electron chi connectivity index (χ2n) is 9.12. The van der Waals surface area contributed by atoms with Crippen molar-refractivity contribution in [3.05, 3.63) is 52.5 Å². The fourth-order valence-corrected chi connectivity index (χ4v) is 5.10. The number of nitrogens with zero attached hydrogens (tertiary/aromatic N) is 2. The Balaban J connectivity index is 1.72. The fraction of sp³-hybridized carbons (Fsp3) is 0.462. The van der Waals surface area contributed by atoms with Gasteiger partial charge >= 0.3 is 0 Å². The van der Waals surface area contributed by atoms with E-state index in [2.05, 4.69) is 21.2 Å². The van der Waals surface area contributed by atoms with Gasteiger partial charge in [0.1, 0.15) is 6.04 Å². The highest BCUT2D eigenvalue weighted by Gasteiger charge is 2.27. The third-order valence-corrected chi connectivity index (χ3v) is 7.95. The second kappa shape index (κ2) is 12.6. The molecule has 11 heteroatoms. The van der Waals surface area contributed by atoms with Gasteiger partial charge in [-0.25, -0.2) is 8.42 Å². The third kappa shape index (κ3) is 7.85. The number of hydrogen-bond acceptors (Lipinski definition) is 6. The molecule has 0 radical (unpaired) electrons. The Morgan fingerprint density at radius 2 is 1.76 bits per heavy atom. The predicted octanol–water partition coefficient (Wildman–Crippen LogP) is 4.06. The van der Waals surface area contributed by atoms with Crippen molar-refractivity contribution < 1.29 is 27.5 Å². The number of fused-ring (bicyclic) bond motifs is 1. The van der Waals surface area contributed by atoms with Gasteiger partial charge in [-0.1, -0.05) is 35.0 Å². The molecule has 1 aliphatic rings. The molecule has 0 saturated carbocycles. The van der Waals surface area contributed by atoms with Crippen LogP contribution in [0.15, 0.2) is 46.9 Å². The van der Waals surface area contributed by atoms with Gasteiger partial charge in [-0.05, 0) is 56.5 Å². The van der Waals surface area contributed by atoms with Crippen LogP contribution in [0.4, 0.5) is 5.69 Å². The molecule has 2 amide bonds. The Labute approximate surface area is 227 Å². The van der Waals surface area contributed by atoms with Crippen molar-refractivity contribution in [2.75, 3.05) is 23.9 Å². The van der Waals surface area contributed by atoms with Crippen molar-refractivity contribution in [2.45, 2.75) is 58.7 Å². The average Bonchev–Trinajstić information content (AvgIpc) is 3.32. The lowest BCUT2D eigenvalue weighted by molar-refractivity contribution is -0.140. The summed E-state index contributed by atoms with van der Waals surface area (Å²) in [4.78, 5) is 27.8. The van der Waals surface area contributed by atoms with E-state index >= 15 is 0 Å². The lowest BCUT2D eigenvalue weighted by Gasteiger charge is -2.30. The molecule has 0 unspecified atom stereocenters. The predicted molar refractivity (Wildman–Crippen MR) is 146 cm³/mol. The number of ether oxygens (including phenoxy) is 2. The first-order valence-electron chi connectivity index (χ1n) is 12.2. The number of amides is 2. The number of benzene rings is 2. The first-order chi connectivity index (χ1) is 17.5. The number of hydrogen-bond donors (Lipinski definition) is 1. The summed E-state index contributed by atoms with van der Waals surface area (Å²) in [6, 6.07) is 11.8. The van der Waals surface area contributed by atoms with Gasteiger partial charge in [0.25, 0.3) is 0 Å². The number of rotatable bonds is 12. The van der Waals surface area contributed by atoms with E-state index in [0.29, 0.717) is 17.2 Å². The van der Waals surface area contributed by atoms with Crippen LogP contribution in [0.25, 0.3) is 0 Å².